The van der Waals surface area contributed by atoms with E-state index in [-0.39, 0.29) is 12.2 Å². The minimum atomic E-state index is -1.31. The van der Waals surface area contributed by atoms with Crippen molar-refractivity contribution in [3.63, 3.8) is 0 Å². The van der Waals surface area contributed by atoms with E-state index in [1.54, 1.807) is 25.1 Å². The molecule has 0 saturated heterocycles. The summed E-state index contributed by atoms with van der Waals surface area (Å²) in [5.41, 5.74) is 0.658. The Morgan fingerprint density at radius 2 is 2.24 bits per heavy atom. The zero-order valence-electron chi connectivity index (χ0n) is 9.26. The van der Waals surface area contributed by atoms with Crippen molar-refractivity contribution in [2.24, 2.45) is 0 Å². The fourth-order valence-electron chi connectivity index (χ4n) is 1.42. The number of benzene rings is 1. The number of aromatic nitrogens is 1. The van der Waals surface area contributed by atoms with E-state index in [1.807, 2.05) is 0 Å². The summed E-state index contributed by atoms with van der Waals surface area (Å²) < 4.78 is 23.2. The molecule has 0 aliphatic rings. The van der Waals surface area contributed by atoms with Gasteiger partial charge in [-0.1, -0.05) is 23.4 Å². The maximum absolute atomic E-state index is 13.3. The highest BCUT2D eigenvalue weighted by Gasteiger charge is 2.13. The Labute approximate surface area is 97.6 Å². The topological polar surface area (TPSA) is 55.5 Å². The molecule has 0 spiro atoms. The molecule has 0 fully saturated rings. The third kappa shape index (κ3) is 2.89. The summed E-state index contributed by atoms with van der Waals surface area (Å²) >= 11 is 0. The normalized spacial score (nSPS) is 12.6. The summed E-state index contributed by atoms with van der Waals surface area (Å²) in [5, 5.41) is 13.3. The number of nitrogens with zero attached hydrogens (tertiary/aromatic N) is 1. The zero-order valence-corrected chi connectivity index (χ0v) is 9.26. The molecule has 4 nitrogen and oxygen atoms in total. The Kier molecular flexibility index (Phi) is 3.51. The zero-order chi connectivity index (χ0) is 12.3. The maximum atomic E-state index is 13.3. The largest absolute Gasteiger partial charge is 0.364 e. The maximum Gasteiger partial charge on any atom is 0.184 e. The average Bonchev–Trinajstić information content (AvgIpc) is 2.73. The third-order valence-electron chi connectivity index (χ3n) is 2.24. The molecule has 1 unspecified atom stereocenters. The van der Waals surface area contributed by atoms with Gasteiger partial charge in [-0.25, -0.2) is 4.39 Å². The number of ether oxygens (including phenoxy) is 1. The number of hydrogen-bond donors (Lipinski definition) is 1. The second kappa shape index (κ2) is 5.07. The third-order valence-corrected chi connectivity index (χ3v) is 2.24. The molecule has 0 radical (unpaired) electrons. The molecule has 90 valence electrons. The Hall–Kier alpha value is -1.72. The van der Waals surface area contributed by atoms with E-state index < -0.39 is 12.1 Å². The minimum Gasteiger partial charge on any atom is -0.364 e. The van der Waals surface area contributed by atoms with Gasteiger partial charge in [-0.2, -0.15) is 0 Å². The number of aryl methyl sites for hydroxylation is 1. The van der Waals surface area contributed by atoms with Gasteiger partial charge in [-0.15, -0.1) is 0 Å². The van der Waals surface area contributed by atoms with Crippen LogP contribution in [0.5, 0.6) is 0 Å². The van der Waals surface area contributed by atoms with Crippen LogP contribution in [0.15, 0.2) is 34.9 Å². The van der Waals surface area contributed by atoms with Crippen molar-refractivity contribution in [3.05, 3.63) is 53.2 Å². The molecule has 2 rings (SSSR count). The van der Waals surface area contributed by atoms with Crippen LogP contribution in [0.4, 0.5) is 4.39 Å². The quantitative estimate of drug-likeness (QED) is 0.829. The van der Waals surface area contributed by atoms with Crippen LogP contribution < -0.4 is 0 Å². The first-order valence-corrected chi connectivity index (χ1v) is 5.13. The van der Waals surface area contributed by atoms with Crippen molar-refractivity contribution in [2.45, 2.75) is 19.8 Å². The molecule has 1 atom stereocenters. The van der Waals surface area contributed by atoms with Crippen LogP contribution in [0.25, 0.3) is 0 Å². The summed E-state index contributed by atoms with van der Waals surface area (Å²) in [4.78, 5) is 0. The SMILES string of the molecule is Cc1cc(COC(O)c2ccccc2F)no1. The lowest BCUT2D eigenvalue weighted by Crippen LogP contribution is -2.05. The van der Waals surface area contributed by atoms with Gasteiger partial charge in [0.1, 0.15) is 17.3 Å². The van der Waals surface area contributed by atoms with Crippen molar-refractivity contribution in [1.82, 2.24) is 5.16 Å². The van der Waals surface area contributed by atoms with Crippen LogP contribution in [-0.4, -0.2) is 10.3 Å². The highest BCUT2D eigenvalue weighted by molar-refractivity contribution is 5.18. The first-order chi connectivity index (χ1) is 8.16. The van der Waals surface area contributed by atoms with E-state index in [1.165, 1.54) is 12.1 Å². The summed E-state index contributed by atoms with van der Waals surface area (Å²) in [6, 6.07) is 7.60. The molecule has 1 heterocycles. The number of hydrogen-bond acceptors (Lipinski definition) is 4. The van der Waals surface area contributed by atoms with E-state index in [9.17, 15) is 9.50 Å². The highest BCUT2D eigenvalue weighted by atomic mass is 19.1. The van der Waals surface area contributed by atoms with Crippen LogP contribution >= 0.6 is 0 Å². The van der Waals surface area contributed by atoms with Crippen LogP contribution in [0, 0.1) is 12.7 Å². The van der Waals surface area contributed by atoms with Crippen molar-refractivity contribution in [2.75, 3.05) is 0 Å². The van der Waals surface area contributed by atoms with E-state index >= 15 is 0 Å². The van der Waals surface area contributed by atoms with Gasteiger partial charge in [0.25, 0.3) is 0 Å². The van der Waals surface area contributed by atoms with Gasteiger partial charge in [0.2, 0.25) is 0 Å². The fourth-order valence-corrected chi connectivity index (χ4v) is 1.42. The van der Waals surface area contributed by atoms with Crippen LogP contribution in [-0.2, 0) is 11.3 Å². The Morgan fingerprint density at radius 1 is 1.47 bits per heavy atom. The Balaban J connectivity index is 1.98. The lowest BCUT2D eigenvalue weighted by molar-refractivity contribution is -0.115. The molecule has 0 aliphatic carbocycles. The molecule has 0 amide bonds. The van der Waals surface area contributed by atoms with Gasteiger partial charge in [0.05, 0.1) is 6.61 Å². The smallest absolute Gasteiger partial charge is 0.184 e. The summed E-state index contributed by atoms with van der Waals surface area (Å²) in [6.45, 7) is 1.82. The standard InChI is InChI=1S/C12H12FNO3/c1-8-6-9(14-17-8)7-16-12(15)10-4-2-3-5-11(10)13/h2-6,12,15H,7H2,1H3. The van der Waals surface area contributed by atoms with Gasteiger partial charge in [-0.3, -0.25) is 0 Å². The number of aliphatic hydroxyl groups is 1. The molecule has 0 bridgehead atoms. The van der Waals surface area contributed by atoms with E-state index in [0.717, 1.165) is 0 Å². The lowest BCUT2D eigenvalue weighted by Gasteiger charge is -2.11. The fraction of sp³-hybridized carbons (Fsp3) is 0.250. The van der Waals surface area contributed by atoms with Gasteiger partial charge in [0, 0.05) is 11.6 Å². The molecule has 1 aromatic carbocycles. The summed E-state index contributed by atoms with van der Waals surface area (Å²) in [7, 11) is 0. The second-order valence-corrected chi connectivity index (χ2v) is 3.61. The van der Waals surface area contributed by atoms with E-state index in [4.69, 9.17) is 9.26 Å². The lowest BCUT2D eigenvalue weighted by atomic mass is 10.2. The molecule has 2 aromatic rings. The van der Waals surface area contributed by atoms with Crippen molar-refractivity contribution >= 4 is 0 Å². The summed E-state index contributed by atoms with van der Waals surface area (Å²) in [6.07, 6.45) is -1.31. The first-order valence-electron chi connectivity index (χ1n) is 5.13. The molecule has 0 saturated carbocycles. The first kappa shape index (κ1) is 11.8. The van der Waals surface area contributed by atoms with Crippen LogP contribution in [0.3, 0.4) is 0 Å². The van der Waals surface area contributed by atoms with Crippen molar-refractivity contribution in [3.8, 4) is 0 Å². The van der Waals surface area contributed by atoms with Gasteiger partial charge < -0.3 is 14.4 Å². The van der Waals surface area contributed by atoms with Gasteiger partial charge in [-0.05, 0) is 13.0 Å². The Morgan fingerprint density at radius 3 is 2.88 bits per heavy atom. The molecule has 5 heteroatoms. The average molecular weight is 237 g/mol. The number of halogens is 1. The second-order valence-electron chi connectivity index (χ2n) is 3.61. The molecular weight excluding hydrogens is 225 g/mol. The Bertz CT molecular complexity index is 498. The monoisotopic (exact) mass is 237 g/mol. The molecule has 1 aromatic heterocycles. The van der Waals surface area contributed by atoms with E-state index in [2.05, 4.69) is 5.16 Å². The molecule has 17 heavy (non-hydrogen) atoms. The molecule has 0 aliphatic heterocycles. The van der Waals surface area contributed by atoms with Crippen molar-refractivity contribution in [1.29, 1.82) is 0 Å². The predicted molar refractivity (Wildman–Crippen MR) is 57.4 cm³/mol. The highest BCUT2D eigenvalue weighted by Crippen LogP contribution is 2.19. The number of aliphatic hydroxyl groups excluding tert-OH is 1. The van der Waals surface area contributed by atoms with Crippen LogP contribution in [0.2, 0.25) is 0 Å². The summed E-state index contributed by atoms with van der Waals surface area (Å²) in [5.74, 6) is 0.153. The molecule has 1 N–H and O–H groups in total. The number of rotatable bonds is 4. The van der Waals surface area contributed by atoms with Gasteiger partial charge in [0.15, 0.2) is 6.29 Å². The van der Waals surface area contributed by atoms with Crippen LogP contribution in [0.1, 0.15) is 23.3 Å². The predicted octanol–water partition coefficient (Wildman–Crippen LogP) is 2.33. The molecular formula is C12H12FNO3. The van der Waals surface area contributed by atoms with Crippen molar-refractivity contribution < 1.29 is 18.8 Å². The van der Waals surface area contributed by atoms with E-state index in [0.29, 0.717) is 11.5 Å². The van der Waals surface area contributed by atoms with Gasteiger partial charge >= 0.3 is 0 Å². The minimum absolute atomic E-state index is 0.0623.